The summed E-state index contributed by atoms with van der Waals surface area (Å²) in [6, 6.07) is 5.86. The van der Waals surface area contributed by atoms with Gasteiger partial charge in [-0.05, 0) is 19.1 Å². The van der Waals surface area contributed by atoms with Crippen LogP contribution in [0.15, 0.2) is 18.2 Å². The SMILES string of the molecule is COC(=O)c1nc(C2CNC2)n2c(C)cccc12. The summed E-state index contributed by atoms with van der Waals surface area (Å²) in [6.07, 6.45) is 0. The molecule has 0 radical (unpaired) electrons. The number of nitrogens with zero attached hydrogens (tertiary/aromatic N) is 2. The van der Waals surface area contributed by atoms with Crippen molar-refractivity contribution in [3.05, 3.63) is 35.4 Å². The van der Waals surface area contributed by atoms with E-state index in [-0.39, 0.29) is 5.97 Å². The van der Waals surface area contributed by atoms with E-state index in [1.807, 2.05) is 25.1 Å². The zero-order valence-corrected chi connectivity index (χ0v) is 10.4. The van der Waals surface area contributed by atoms with Crippen molar-refractivity contribution in [1.82, 2.24) is 14.7 Å². The van der Waals surface area contributed by atoms with Gasteiger partial charge >= 0.3 is 5.97 Å². The van der Waals surface area contributed by atoms with Crippen molar-refractivity contribution >= 4 is 11.5 Å². The van der Waals surface area contributed by atoms with Gasteiger partial charge in [-0.1, -0.05) is 6.07 Å². The van der Waals surface area contributed by atoms with E-state index in [4.69, 9.17) is 4.74 Å². The molecule has 0 aliphatic carbocycles. The van der Waals surface area contributed by atoms with Gasteiger partial charge in [0.25, 0.3) is 0 Å². The molecule has 2 aromatic heterocycles. The number of nitrogens with one attached hydrogen (secondary N) is 1. The number of hydrogen-bond donors (Lipinski definition) is 1. The highest BCUT2D eigenvalue weighted by molar-refractivity contribution is 5.95. The van der Waals surface area contributed by atoms with Crippen molar-refractivity contribution in [2.45, 2.75) is 12.8 Å². The lowest BCUT2D eigenvalue weighted by atomic mass is 10.0. The molecule has 0 spiro atoms. The number of hydrogen-bond acceptors (Lipinski definition) is 4. The average molecular weight is 245 g/mol. The molecule has 0 bridgehead atoms. The highest BCUT2D eigenvalue weighted by atomic mass is 16.5. The summed E-state index contributed by atoms with van der Waals surface area (Å²) in [5.74, 6) is 0.941. The Bertz CT molecular complexity index is 614. The Morgan fingerprint density at radius 1 is 1.50 bits per heavy atom. The maximum atomic E-state index is 11.8. The number of carbonyl (C=O) groups excluding carboxylic acids is 1. The van der Waals surface area contributed by atoms with Gasteiger partial charge in [-0.15, -0.1) is 0 Å². The van der Waals surface area contributed by atoms with Gasteiger partial charge in [0.15, 0.2) is 5.69 Å². The topological polar surface area (TPSA) is 55.6 Å². The molecule has 94 valence electrons. The molecule has 0 atom stereocenters. The van der Waals surface area contributed by atoms with Gasteiger partial charge in [-0.25, -0.2) is 9.78 Å². The van der Waals surface area contributed by atoms with Crippen LogP contribution in [-0.2, 0) is 4.74 Å². The van der Waals surface area contributed by atoms with E-state index in [2.05, 4.69) is 14.7 Å². The van der Waals surface area contributed by atoms with Gasteiger partial charge in [0, 0.05) is 24.7 Å². The minimum atomic E-state index is -0.378. The van der Waals surface area contributed by atoms with Crippen LogP contribution in [-0.4, -0.2) is 35.6 Å². The second kappa shape index (κ2) is 4.10. The summed E-state index contributed by atoms with van der Waals surface area (Å²) in [4.78, 5) is 16.3. The molecule has 0 aromatic carbocycles. The van der Waals surface area contributed by atoms with Gasteiger partial charge in [-0.2, -0.15) is 0 Å². The highest BCUT2D eigenvalue weighted by Crippen LogP contribution is 2.24. The summed E-state index contributed by atoms with van der Waals surface area (Å²) in [7, 11) is 1.38. The number of pyridine rings is 1. The zero-order valence-electron chi connectivity index (χ0n) is 10.4. The number of ether oxygens (including phenoxy) is 1. The van der Waals surface area contributed by atoms with Crippen LogP contribution >= 0.6 is 0 Å². The van der Waals surface area contributed by atoms with Crippen molar-refractivity contribution in [2.24, 2.45) is 0 Å². The monoisotopic (exact) mass is 245 g/mol. The van der Waals surface area contributed by atoms with E-state index in [0.29, 0.717) is 11.6 Å². The van der Waals surface area contributed by atoms with Crippen LogP contribution in [0.1, 0.15) is 27.9 Å². The first-order valence-corrected chi connectivity index (χ1v) is 5.99. The molecule has 1 fully saturated rings. The lowest BCUT2D eigenvalue weighted by molar-refractivity contribution is 0.0596. The Labute approximate surface area is 105 Å². The highest BCUT2D eigenvalue weighted by Gasteiger charge is 2.27. The van der Waals surface area contributed by atoms with Crippen LogP contribution in [0.3, 0.4) is 0 Å². The van der Waals surface area contributed by atoms with Crippen LogP contribution in [0.25, 0.3) is 5.52 Å². The molecule has 0 unspecified atom stereocenters. The van der Waals surface area contributed by atoms with Gasteiger partial charge in [0.05, 0.1) is 12.6 Å². The summed E-state index contributed by atoms with van der Waals surface area (Å²) in [6.45, 7) is 3.84. The fourth-order valence-electron chi connectivity index (χ4n) is 2.32. The van der Waals surface area contributed by atoms with Gasteiger partial charge < -0.3 is 10.1 Å². The predicted molar refractivity (Wildman–Crippen MR) is 66.9 cm³/mol. The molecule has 1 aliphatic rings. The number of aromatic nitrogens is 2. The maximum Gasteiger partial charge on any atom is 0.358 e. The van der Waals surface area contributed by atoms with E-state index in [1.54, 1.807) is 0 Å². The predicted octanol–water partition coefficient (Wildman–Crippen LogP) is 1.12. The Morgan fingerprint density at radius 3 is 2.89 bits per heavy atom. The van der Waals surface area contributed by atoms with Gasteiger partial charge in [-0.3, -0.25) is 4.40 Å². The van der Waals surface area contributed by atoms with Crippen molar-refractivity contribution in [3.8, 4) is 0 Å². The van der Waals surface area contributed by atoms with Gasteiger partial charge in [0.2, 0.25) is 0 Å². The lowest BCUT2D eigenvalue weighted by Gasteiger charge is -2.26. The molecule has 1 N–H and O–H groups in total. The molecule has 1 saturated heterocycles. The number of methoxy groups -OCH3 is 1. The third-order valence-corrected chi connectivity index (χ3v) is 3.41. The number of esters is 1. The van der Waals surface area contributed by atoms with Crippen molar-refractivity contribution < 1.29 is 9.53 Å². The Kier molecular flexibility index (Phi) is 2.56. The largest absolute Gasteiger partial charge is 0.464 e. The number of carbonyl (C=O) groups is 1. The molecule has 18 heavy (non-hydrogen) atoms. The van der Waals surface area contributed by atoms with Crippen LogP contribution in [0, 0.1) is 6.92 Å². The molecular weight excluding hydrogens is 230 g/mol. The standard InChI is InChI=1S/C13H15N3O2/c1-8-4-3-5-10-11(13(17)18-2)15-12(16(8)10)9-6-14-7-9/h3-5,9,14H,6-7H2,1-2H3. The fourth-order valence-corrected chi connectivity index (χ4v) is 2.32. The first kappa shape index (κ1) is 11.2. The Balaban J connectivity index is 2.25. The minimum absolute atomic E-state index is 0.372. The molecule has 0 amide bonds. The van der Waals surface area contributed by atoms with E-state index >= 15 is 0 Å². The van der Waals surface area contributed by atoms with Crippen molar-refractivity contribution in [1.29, 1.82) is 0 Å². The van der Waals surface area contributed by atoms with E-state index < -0.39 is 0 Å². The fraction of sp³-hybridized carbons (Fsp3) is 0.385. The Hall–Kier alpha value is -1.88. The van der Waals surface area contributed by atoms with E-state index in [1.165, 1.54) is 7.11 Å². The second-order valence-corrected chi connectivity index (χ2v) is 4.55. The molecule has 5 nitrogen and oxygen atoms in total. The normalized spacial score (nSPS) is 15.7. The third kappa shape index (κ3) is 1.51. The van der Waals surface area contributed by atoms with Crippen molar-refractivity contribution in [2.75, 3.05) is 20.2 Å². The third-order valence-electron chi connectivity index (χ3n) is 3.41. The number of aryl methyl sites for hydroxylation is 1. The number of imidazole rings is 1. The van der Waals surface area contributed by atoms with Crippen LogP contribution in [0.5, 0.6) is 0 Å². The molecule has 5 heteroatoms. The van der Waals surface area contributed by atoms with Crippen LogP contribution in [0.2, 0.25) is 0 Å². The van der Waals surface area contributed by atoms with Gasteiger partial charge in [0.1, 0.15) is 5.82 Å². The second-order valence-electron chi connectivity index (χ2n) is 4.55. The van der Waals surface area contributed by atoms with E-state index in [9.17, 15) is 4.79 Å². The summed E-state index contributed by atoms with van der Waals surface area (Å²) >= 11 is 0. The number of rotatable bonds is 2. The number of fused-ring (bicyclic) bond motifs is 1. The molecule has 2 aromatic rings. The molecular formula is C13H15N3O2. The molecule has 1 aliphatic heterocycles. The smallest absolute Gasteiger partial charge is 0.358 e. The summed E-state index contributed by atoms with van der Waals surface area (Å²) < 4.78 is 6.85. The summed E-state index contributed by atoms with van der Waals surface area (Å²) in [5.41, 5.74) is 2.31. The van der Waals surface area contributed by atoms with E-state index in [0.717, 1.165) is 30.1 Å². The maximum absolute atomic E-state index is 11.8. The zero-order chi connectivity index (χ0) is 12.7. The summed E-state index contributed by atoms with van der Waals surface area (Å²) in [5, 5.41) is 3.23. The van der Waals surface area contributed by atoms with Crippen molar-refractivity contribution in [3.63, 3.8) is 0 Å². The molecule has 3 heterocycles. The minimum Gasteiger partial charge on any atom is -0.464 e. The molecule has 3 rings (SSSR count). The van der Waals surface area contributed by atoms with Crippen LogP contribution < -0.4 is 5.32 Å². The first-order chi connectivity index (χ1) is 8.72. The van der Waals surface area contributed by atoms with Crippen LogP contribution in [0.4, 0.5) is 0 Å². The lowest BCUT2D eigenvalue weighted by Crippen LogP contribution is -2.41. The Morgan fingerprint density at radius 2 is 2.28 bits per heavy atom. The quantitative estimate of drug-likeness (QED) is 0.805. The average Bonchev–Trinajstić information content (AvgIpc) is 2.67. The first-order valence-electron chi connectivity index (χ1n) is 5.99. The molecule has 0 saturated carbocycles.